The normalized spacial score (nSPS) is 21.7. The van der Waals surface area contributed by atoms with Gasteiger partial charge >= 0.3 is 0 Å². The summed E-state index contributed by atoms with van der Waals surface area (Å²) in [5.41, 5.74) is 2.67. The van der Waals surface area contributed by atoms with Crippen LogP contribution < -0.4 is 4.72 Å². The Morgan fingerprint density at radius 3 is 2.70 bits per heavy atom. The maximum absolute atomic E-state index is 13.4. The standard InChI is InChI=1S/C23H28N2O4S/c1-16-6-5-7-18(14-16)24-30(27,28)19-11-10-17(2)20(15-19)23(26)25-12-13-29-22-9-4-3-8-21(22)25/h5-7,10-11,14-15,21-22,24H,3-4,8-9,12-13H2,1-2H3. The highest BCUT2D eigenvalue weighted by Crippen LogP contribution is 2.30. The minimum Gasteiger partial charge on any atom is -0.374 e. The van der Waals surface area contributed by atoms with Crippen molar-refractivity contribution in [3.8, 4) is 0 Å². The number of hydrogen-bond acceptors (Lipinski definition) is 4. The highest BCUT2D eigenvalue weighted by atomic mass is 32.2. The lowest BCUT2D eigenvalue weighted by atomic mass is 9.89. The summed E-state index contributed by atoms with van der Waals surface area (Å²) in [7, 11) is -3.80. The van der Waals surface area contributed by atoms with E-state index in [0.29, 0.717) is 24.4 Å². The average Bonchev–Trinajstić information content (AvgIpc) is 2.72. The second-order valence-corrected chi connectivity index (χ2v) is 9.89. The number of amides is 1. The van der Waals surface area contributed by atoms with Gasteiger partial charge in [0.25, 0.3) is 15.9 Å². The number of morpholine rings is 1. The largest absolute Gasteiger partial charge is 0.374 e. The molecule has 0 spiro atoms. The predicted molar refractivity (Wildman–Crippen MR) is 116 cm³/mol. The Morgan fingerprint density at radius 1 is 1.10 bits per heavy atom. The van der Waals surface area contributed by atoms with E-state index in [4.69, 9.17) is 4.74 Å². The molecule has 0 aromatic heterocycles. The van der Waals surface area contributed by atoms with Crippen LogP contribution in [-0.2, 0) is 14.8 Å². The Labute approximate surface area is 178 Å². The Bertz CT molecular complexity index is 1050. The van der Waals surface area contributed by atoms with E-state index in [-0.39, 0.29) is 22.9 Å². The first-order valence-electron chi connectivity index (χ1n) is 10.5. The molecule has 1 heterocycles. The van der Waals surface area contributed by atoms with Gasteiger partial charge in [-0.3, -0.25) is 9.52 Å². The molecule has 1 aliphatic carbocycles. The van der Waals surface area contributed by atoms with Gasteiger partial charge in [-0.2, -0.15) is 0 Å². The van der Waals surface area contributed by atoms with E-state index in [0.717, 1.165) is 36.8 Å². The van der Waals surface area contributed by atoms with Gasteiger partial charge in [-0.25, -0.2) is 8.42 Å². The van der Waals surface area contributed by atoms with Gasteiger partial charge in [-0.05, 0) is 62.1 Å². The van der Waals surface area contributed by atoms with Crippen LogP contribution >= 0.6 is 0 Å². The molecule has 1 aliphatic heterocycles. The second-order valence-electron chi connectivity index (χ2n) is 8.21. The summed E-state index contributed by atoms with van der Waals surface area (Å²) in [6.45, 7) is 4.81. The van der Waals surface area contributed by atoms with Crippen LogP contribution in [0.25, 0.3) is 0 Å². The average molecular weight is 429 g/mol. The summed E-state index contributed by atoms with van der Waals surface area (Å²) in [6, 6.07) is 12.0. The predicted octanol–water partition coefficient (Wildman–Crippen LogP) is 3.89. The molecule has 4 rings (SSSR count). The van der Waals surface area contributed by atoms with E-state index < -0.39 is 10.0 Å². The van der Waals surface area contributed by atoms with Gasteiger partial charge in [0.15, 0.2) is 0 Å². The monoisotopic (exact) mass is 428 g/mol. The van der Waals surface area contributed by atoms with E-state index in [1.54, 1.807) is 30.3 Å². The van der Waals surface area contributed by atoms with Crippen molar-refractivity contribution in [2.45, 2.75) is 56.6 Å². The van der Waals surface area contributed by atoms with Crippen molar-refractivity contribution < 1.29 is 17.9 Å². The van der Waals surface area contributed by atoms with Crippen LogP contribution in [0, 0.1) is 13.8 Å². The smallest absolute Gasteiger partial charge is 0.261 e. The molecule has 1 saturated carbocycles. The quantitative estimate of drug-likeness (QED) is 0.802. The molecular weight excluding hydrogens is 400 g/mol. The number of hydrogen-bond donors (Lipinski definition) is 1. The number of nitrogens with one attached hydrogen (secondary N) is 1. The van der Waals surface area contributed by atoms with E-state index >= 15 is 0 Å². The van der Waals surface area contributed by atoms with Crippen LogP contribution in [0.4, 0.5) is 5.69 Å². The maximum atomic E-state index is 13.4. The van der Waals surface area contributed by atoms with Crippen molar-refractivity contribution in [3.63, 3.8) is 0 Å². The highest BCUT2D eigenvalue weighted by Gasteiger charge is 2.37. The van der Waals surface area contributed by atoms with Crippen LogP contribution in [-0.4, -0.2) is 44.5 Å². The summed E-state index contributed by atoms with van der Waals surface area (Å²) < 4.78 is 34.4. The van der Waals surface area contributed by atoms with Crippen molar-refractivity contribution in [1.82, 2.24) is 4.90 Å². The number of carbonyl (C=O) groups is 1. The Kier molecular flexibility index (Phi) is 5.84. The molecule has 2 atom stereocenters. The van der Waals surface area contributed by atoms with Crippen LogP contribution in [0.15, 0.2) is 47.4 Å². The third kappa shape index (κ3) is 4.23. The highest BCUT2D eigenvalue weighted by molar-refractivity contribution is 7.92. The van der Waals surface area contributed by atoms with E-state index in [1.807, 2.05) is 24.8 Å². The first-order chi connectivity index (χ1) is 14.3. The van der Waals surface area contributed by atoms with Gasteiger partial charge in [0.2, 0.25) is 0 Å². The molecule has 160 valence electrons. The fraction of sp³-hybridized carbons (Fsp3) is 0.435. The number of aryl methyl sites for hydroxylation is 2. The molecule has 2 fully saturated rings. The topological polar surface area (TPSA) is 75.7 Å². The van der Waals surface area contributed by atoms with E-state index in [2.05, 4.69) is 4.72 Å². The van der Waals surface area contributed by atoms with Gasteiger partial charge in [-0.1, -0.05) is 31.0 Å². The molecule has 0 radical (unpaired) electrons. The number of benzene rings is 2. The van der Waals surface area contributed by atoms with Crippen molar-refractivity contribution in [3.05, 3.63) is 59.2 Å². The van der Waals surface area contributed by atoms with Crippen LogP contribution in [0.2, 0.25) is 0 Å². The zero-order chi connectivity index (χ0) is 21.3. The first-order valence-corrected chi connectivity index (χ1v) is 12.0. The lowest BCUT2D eigenvalue weighted by molar-refractivity contribution is -0.0753. The molecule has 30 heavy (non-hydrogen) atoms. The fourth-order valence-corrected chi connectivity index (χ4v) is 5.50. The zero-order valence-corrected chi connectivity index (χ0v) is 18.2. The third-order valence-corrected chi connectivity index (χ3v) is 7.39. The summed E-state index contributed by atoms with van der Waals surface area (Å²) >= 11 is 0. The number of carbonyl (C=O) groups excluding carboxylic acids is 1. The fourth-order valence-electron chi connectivity index (χ4n) is 4.42. The van der Waals surface area contributed by atoms with Gasteiger partial charge < -0.3 is 9.64 Å². The molecule has 2 aromatic carbocycles. The maximum Gasteiger partial charge on any atom is 0.261 e. The number of sulfonamides is 1. The number of fused-ring (bicyclic) bond motifs is 1. The minimum atomic E-state index is -3.80. The zero-order valence-electron chi connectivity index (χ0n) is 17.4. The summed E-state index contributed by atoms with van der Waals surface area (Å²) in [5.74, 6) is -0.111. The molecule has 2 aromatic rings. The first kappa shape index (κ1) is 20.9. The molecular formula is C23H28N2O4S. The number of nitrogens with zero attached hydrogens (tertiary/aromatic N) is 1. The number of rotatable bonds is 4. The van der Waals surface area contributed by atoms with Crippen LogP contribution in [0.3, 0.4) is 0 Å². The number of anilines is 1. The molecule has 0 bridgehead atoms. The molecule has 6 nitrogen and oxygen atoms in total. The molecule has 1 saturated heterocycles. The summed E-state index contributed by atoms with van der Waals surface area (Å²) in [6.07, 6.45) is 4.21. The van der Waals surface area contributed by atoms with E-state index in [9.17, 15) is 13.2 Å². The molecule has 2 unspecified atom stereocenters. The van der Waals surface area contributed by atoms with Gasteiger partial charge in [0.05, 0.1) is 23.6 Å². The summed E-state index contributed by atoms with van der Waals surface area (Å²) in [5, 5.41) is 0. The molecule has 7 heteroatoms. The van der Waals surface area contributed by atoms with Crippen molar-refractivity contribution >= 4 is 21.6 Å². The van der Waals surface area contributed by atoms with Gasteiger partial charge in [0, 0.05) is 17.8 Å². The Morgan fingerprint density at radius 2 is 1.90 bits per heavy atom. The lowest BCUT2D eigenvalue weighted by Crippen LogP contribution is -2.54. The summed E-state index contributed by atoms with van der Waals surface area (Å²) in [4.78, 5) is 15.4. The van der Waals surface area contributed by atoms with E-state index in [1.165, 1.54) is 6.07 Å². The molecule has 1 N–H and O–H groups in total. The SMILES string of the molecule is Cc1cccc(NS(=O)(=O)c2ccc(C)c(C(=O)N3CCOC4CCCCC43)c2)c1. The lowest BCUT2D eigenvalue weighted by Gasteiger charge is -2.44. The van der Waals surface area contributed by atoms with Crippen molar-refractivity contribution in [2.75, 3.05) is 17.9 Å². The Balaban J connectivity index is 1.62. The van der Waals surface area contributed by atoms with Crippen LogP contribution in [0.5, 0.6) is 0 Å². The van der Waals surface area contributed by atoms with Gasteiger partial charge in [0.1, 0.15) is 0 Å². The second kappa shape index (κ2) is 8.40. The van der Waals surface area contributed by atoms with Crippen LogP contribution in [0.1, 0.15) is 47.2 Å². The minimum absolute atomic E-state index is 0.0742. The molecule has 1 amide bonds. The van der Waals surface area contributed by atoms with Crippen molar-refractivity contribution in [1.29, 1.82) is 0 Å². The Hall–Kier alpha value is -2.38. The third-order valence-electron chi connectivity index (χ3n) is 6.01. The number of ether oxygens (including phenoxy) is 1. The van der Waals surface area contributed by atoms with Gasteiger partial charge in [-0.15, -0.1) is 0 Å². The molecule has 2 aliphatic rings. The van der Waals surface area contributed by atoms with Crippen molar-refractivity contribution in [2.24, 2.45) is 0 Å².